The molecule has 0 aromatic heterocycles. The van der Waals surface area contributed by atoms with Crippen molar-refractivity contribution in [1.29, 1.82) is 0 Å². The van der Waals surface area contributed by atoms with Crippen molar-refractivity contribution in [3.05, 3.63) is 34.9 Å². The Kier molecular flexibility index (Phi) is 4.02. The van der Waals surface area contributed by atoms with E-state index in [4.69, 9.17) is 11.6 Å². The van der Waals surface area contributed by atoms with E-state index in [1.807, 2.05) is 0 Å². The largest absolute Gasteiger partial charge is 0.391 e. The van der Waals surface area contributed by atoms with Gasteiger partial charge in [0.15, 0.2) is 0 Å². The number of halogens is 1. The summed E-state index contributed by atoms with van der Waals surface area (Å²) < 4.78 is 0. The number of carbonyl (C=O) groups excluding carboxylic acids is 1. The maximum absolute atomic E-state index is 12.0. The molecule has 1 aliphatic rings. The van der Waals surface area contributed by atoms with Crippen molar-refractivity contribution < 1.29 is 9.90 Å². The Bertz CT molecular complexity index is 408. The zero-order valence-electron chi connectivity index (χ0n) is 9.53. The molecule has 2 atom stereocenters. The molecule has 1 aromatic rings. The molecule has 0 radical (unpaired) electrons. The van der Waals surface area contributed by atoms with Crippen molar-refractivity contribution in [3.8, 4) is 0 Å². The minimum Gasteiger partial charge on any atom is -0.391 e. The highest BCUT2D eigenvalue weighted by molar-refractivity contribution is 6.33. The summed E-state index contributed by atoms with van der Waals surface area (Å²) >= 11 is 5.95. The maximum Gasteiger partial charge on any atom is 0.253 e. The SMILES string of the molecule is O=C(N[C@H]1CCCC[C@@H]1O)c1ccccc1Cl. The van der Waals surface area contributed by atoms with Crippen LogP contribution in [0.4, 0.5) is 0 Å². The van der Waals surface area contributed by atoms with Crippen LogP contribution in [-0.2, 0) is 0 Å². The van der Waals surface area contributed by atoms with Crippen LogP contribution in [0.25, 0.3) is 0 Å². The van der Waals surface area contributed by atoms with Crippen LogP contribution in [0.2, 0.25) is 5.02 Å². The molecule has 0 aliphatic heterocycles. The topological polar surface area (TPSA) is 49.3 Å². The summed E-state index contributed by atoms with van der Waals surface area (Å²) in [6.07, 6.45) is 3.23. The molecule has 1 saturated carbocycles. The van der Waals surface area contributed by atoms with Gasteiger partial charge < -0.3 is 10.4 Å². The Balaban J connectivity index is 2.04. The third-order valence-electron chi connectivity index (χ3n) is 3.16. The van der Waals surface area contributed by atoms with Crippen molar-refractivity contribution in [3.63, 3.8) is 0 Å². The number of benzene rings is 1. The predicted octanol–water partition coefficient (Wildman–Crippen LogP) is 2.37. The molecule has 2 rings (SSSR count). The fraction of sp³-hybridized carbons (Fsp3) is 0.462. The number of carbonyl (C=O) groups is 1. The molecule has 0 spiro atoms. The second-order valence-electron chi connectivity index (χ2n) is 4.41. The lowest BCUT2D eigenvalue weighted by Crippen LogP contribution is -2.45. The molecule has 17 heavy (non-hydrogen) atoms. The summed E-state index contributed by atoms with van der Waals surface area (Å²) in [5, 5.41) is 13.1. The van der Waals surface area contributed by atoms with Gasteiger partial charge in [-0.05, 0) is 25.0 Å². The van der Waals surface area contributed by atoms with E-state index < -0.39 is 6.10 Å². The summed E-state index contributed by atoms with van der Waals surface area (Å²) in [7, 11) is 0. The fourth-order valence-corrected chi connectivity index (χ4v) is 2.39. The van der Waals surface area contributed by atoms with Crippen molar-refractivity contribution in [2.75, 3.05) is 0 Å². The number of aliphatic hydroxyl groups excluding tert-OH is 1. The maximum atomic E-state index is 12.0. The highest BCUT2D eigenvalue weighted by Gasteiger charge is 2.25. The van der Waals surface area contributed by atoms with Crippen LogP contribution >= 0.6 is 11.6 Å². The Labute approximate surface area is 106 Å². The lowest BCUT2D eigenvalue weighted by molar-refractivity contribution is 0.0717. The van der Waals surface area contributed by atoms with E-state index in [-0.39, 0.29) is 11.9 Å². The first kappa shape index (κ1) is 12.4. The van der Waals surface area contributed by atoms with Gasteiger partial charge in [-0.25, -0.2) is 0 Å². The van der Waals surface area contributed by atoms with Crippen LogP contribution in [0, 0.1) is 0 Å². The van der Waals surface area contributed by atoms with Gasteiger partial charge in [-0.15, -0.1) is 0 Å². The molecule has 0 bridgehead atoms. The Morgan fingerprint density at radius 2 is 2.00 bits per heavy atom. The van der Waals surface area contributed by atoms with Gasteiger partial charge in [0.05, 0.1) is 22.7 Å². The minimum absolute atomic E-state index is 0.146. The molecule has 4 heteroatoms. The predicted molar refractivity (Wildman–Crippen MR) is 67.2 cm³/mol. The summed E-state index contributed by atoms with van der Waals surface area (Å²) in [5.74, 6) is -0.207. The zero-order valence-corrected chi connectivity index (χ0v) is 10.3. The van der Waals surface area contributed by atoms with Crippen molar-refractivity contribution in [1.82, 2.24) is 5.32 Å². The minimum atomic E-state index is -0.435. The molecule has 0 unspecified atom stereocenters. The van der Waals surface area contributed by atoms with Crippen molar-refractivity contribution >= 4 is 17.5 Å². The second-order valence-corrected chi connectivity index (χ2v) is 4.82. The van der Waals surface area contributed by atoms with Gasteiger partial charge in [0.1, 0.15) is 0 Å². The number of rotatable bonds is 2. The van der Waals surface area contributed by atoms with E-state index in [1.54, 1.807) is 24.3 Å². The normalized spacial score (nSPS) is 24.4. The Morgan fingerprint density at radius 1 is 1.29 bits per heavy atom. The fourth-order valence-electron chi connectivity index (χ4n) is 2.17. The average molecular weight is 254 g/mol. The monoisotopic (exact) mass is 253 g/mol. The average Bonchev–Trinajstić information content (AvgIpc) is 2.32. The molecule has 1 amide bonds. The zero-order chi connectivity index (χ0) is 12.3. The second kappa shape index (κ2) is 5.52. The number of amides is 1. The first-order valence-electron chi connectivity index (χ1n) is 5.92. The molecule has 2 N–H and O–H groups in total. The lowest BCUT2D eigenvalue weighted by Gasteiger charge is -2.28. The lowest BCUT2D eigenvalue weighted by atomic mass is 9.92. The molecule has 1 aromatic carbocycles. The third-order valence-corrected chi connectivity index (χ3v) is 3.49. The van der Waals surface area contributed by atoms with E-state index in [2.05, 4.69) is 5.32 Å². The molecular weight excluding hydrogens is 238 g/mol. The highest BCUT2D eigenvalue weighted by Crippen LogP contribution is 2.20. The molecule has 0 heterocycles. The van der Waals surface area contributed by atoms with Gasteiger partial charge in [-0.1, -0.05) is 36.6 Å². The van der Waals surface area contributed by atoms with Gasteiger partial charge in [-0.3, -0.25) is 4.79 Å². The quantitative estimate of drug-likeness (QED) is 0.850. The molecule has 1 aliphatic carbocycles. The summed E-state index contributed by atoms with van der Waals surface area (Å²) in [4.78, 5) is 12.0. The Hall–Kier alpha value is -1.06. The van der Waals surface area contributed by atoms with E-state index >= 15 is 0 Å². The van der Waals surface area contributed by atoms with Crippen LogP contribution in [0.3, 0.4) is 0 Å². The molecule has 3 nitrogen and oxygen atoms in total. The summed E-state index contributed by atoms with van der Waals surface area (Å²) in [5.41, 5.74) is 0.465. The number of hydrogen-bond acceptors (Lipinski definition) is 2. The molecule has 0 saturated heterocycles. The van der Waals surface area contributed by atoms with Crippen LogP contribution in [0.5, 0.6) is 0 Å². The number of nitrogens with one attached hydrogen (secondary N) is 1. The third kappa shape index (κ3) is 2.99. The van der Waals surface area contributed by atoms with Crippen molar-refractivity contribution in [2.45, 2.75) is 37.8 Å². The van der Waals surface area contributed by atoms with E-state index in [9.17, 15) is 9.90 Å². The van der Waals surface area contributed by atoms with Crippen LogP contribution in [0.1, 0.15) is 36.0 Å². The first-order chi connectivity index (χ1) is 8.18. The van der Waals surface area contributed by atoms with Gasteiger partial charge in [0.2, 0.25) is 0 Å². The van der Waals surface area contributed by atoms with Gasteiger partial charge in [-0.2, -0.15) is 0 Å². The van der Waals surface area contributed by atoms with Crippen LogP contribution in [-0.4, -0.2) is 23.2 Å². The van der Waals surface area contributed by atoms with Crippen LogP contribution in [0.15, 0.2) is 24.3 Å². The van der Waals surface area contributed by atoms with Gasteiger partial charge in [0.25, 0.3) is 5.91 Å². The van der Waals surface area contributed by atoms with E-state index in [1.165, 1.54) is 0 Å². The standard InChI is InChI=1S/C13H16ClNO2/c14-10-6-2-1-5-9(10)13(17)15-11-7-3-4-8-12(11)16/h1-2,5-6,11-12,16H,3-4,7-8H2,(H,15,17)/t11-,12-/m0/s1. The van der Waals surface area contributed by atoms with Crippen molar-refractivity contribution in [2.24, 2.45) is 0 Å². The number of aliphatic hydroxyl groups is 1. The van der Waals surface area contributed by atoms with E-state index in [0.29, 0.717) is 10.6 Å². The van der Waals surface area contributed by atoms with Gasteiger partial charge in [0, 0.05) is 0 Å². The highest BCUT2D eigenvalue weighted by atomic mass is 35.5. The molecule has 92 valence electrons. The smallest absolute Gasteiger partial charge is 0.253 e. The van der Waals surface area contributed by atoms with Gasteiger partial charge >= 0.3 is 0 Å². The Morgan fingerprint density at radius 3 is 2.71 bits per heavy atom. The first-order valence-corrected chi connectivity index (χ1v) is 6.30. The molecule has 1 fully saturated rings. The molecular formula is C13H16ClNO2. The van der Waals surface area contributed by atoms with E-state index in [0.717, 1.165) is 25.7 Å². The van der Waals surface area contributed by atoms with Crippen LogP contribution < -0.4 is 5.32 Å². The number of hydrogen-bond donors (Lipinski definition) is 2. The summed E-state index contributed by atoms with van der Waals surface area (Å²) in [6, 6.07) is 6.79. The summed E-state index contributed by atoms with van der Waals surface area (Å²) in [6.45, 7) is 0.